The maximum atomic E-state index is 6.52. The standard InChI is InChI=1S/C32H36O7/c1-33-26-13-7-6-10-22(26)17-19-31-38-21-24(11-8-12-25-27(34-2)14-9-15-28(25)35-3)32(39-31)23-16-18-29(36-4)30(20-23)37-5/h6-10,12-20,24,31-32H,11,21H2,1-5H3/b12-8+,19-17+/t24-,31-,32+/m1/s1. The van der Waals surface area contributed by atoms with Crippen LogP contribution in [0.4, 0.5) is 0 Å². The minimum Gasteiger partial charge on any atom is -0.496 e. The molecule has 1 heterocycles. The van der Waals surface area contributed by atoms with E-state index < -0.39 is 6.29 Å². The molecule has 0 saturated carbocycles. The molecule has 0 aliphatic carbocycles. The van der Waals surface area contributed by atoms with Crippen molar-refractivity contribution in [3.63, 3.8) is 0 Å². The van der Waals surface area contributed by atoms with Crippen molar-refractivity contribution in [2.45, 2.75) is 18.8 Å². The van der Waals surface area contributed by atoms with Crippen molar-refractivity contribution in [2.75, 3.05) is 42.2 Å². The Morgan fingerprint density at radius 1 is 0.718 bits per heavy atom. The van der Waals surface area contributed by atoms with Crippen molar-refractivity contribution in [2.24, 2.45) is 5.92 Å². The summed E-state index contributed by atoms with van der Waals surface area (Å²) in [5.41, 5.74) is 2.83. The molecule has 1 aliphatic rings. The Labute approximate surface area is 230 Å². The van der Waals surface area contributed by atoms with E-state index in [4.69, 9.17) is 33.2 Å². The zero-order valence-corrected chi connectivity index (χ0v) is 23.1. The average molecular weight is 533 g/mol. The molecule has 1 fully saturated rings. The molecule has 3 atom stereocenters. The lowest BCUT2D eigenvalue weighted by atomic mass is 9.91. The van der Waals surface area contributed by atoms with Crippen molar-refractivity contribution >= 4 is 12.2 Å². The van der Waals surface area contributed by atoms with Crippen molar-refractivity contribution in [3.8, 4) is 28.7 Å². The quantitative estimate of drug-likeness (QED) is 0.276. The van der Waals surface area contributed by atoms with Crippen molar-refractivity contribution in [3.05, 3.63) is 89.5 Å². The predicted octanol–water partition coefficient (Wildman–Crippen LogP) is 6.58. The van der Waals surface area contributed by atoms with E-state index in [1.165, 1.54) is 0 Å². The fourth-order valence-electron chi connectivity index (χ4n) is 4.66. The van der Waals surface area contributed by atoms with Gasteiger partial charge < -0.3 is 33.2 Å². The van der Waals surface area contributed by atoms with Crippen LogP contribution in [0.1, 0.15) is 29.2 Å². The predicted molar refractivity (Wildman–Crippen MR) is 152 cm³/mol. The van der Waals surface area contributed by atoms with Gasteiger partial charge in [0.15, 0.2) is 17.8 Å². The summed E-state index contributed by atoms with van der Waals surface area (Å²) in [6, 6.07) is 19.4. The molecule has 3 aromatic carbocycles. The molecule has 3 aromatic rings. The fraction of sp³-hybridized carbons (Fsp3) is 0.312. The highest BCUT2D eigenvalue weighted by atomic mass is 16.7. The van der Waals surface area contributed by atoms with E-state index >= 15 is 0 Å². The lowest BCUT2D eigenvalue weighted by molar-refractivity contribution is -0.215. The van der Waals surface area contributed by atoms with Gasteiger partial charge in [0, 0.05) is 11.5 Å². The summed E-state index contributed by atoms with van der Waals surface area (Å²) < 4.78 is 40.2. The van der Waals surface area contributed by atoms with Gasteiger partial charge in [-0.1, -0.05) is 48.6 Å². The highest BCUT2D eigenvalue weighted by molar-refractivity contribution is 5.64. The van der Waals surface area contributed by atoms with Crippen LogP contribution in [0.15, 0.2) is 72.8 Å². The fourth-order valence-corrected chi connectivity index (χ4v) is 4.66. The van der Waals surface area contributed by atoms with Crippen LogP contribution in [0, 0.1) is 5.92 Å². The summed E-state index contributed by atoms with van der Waals surface area (Å²) in [7, 11) is 8.22. The van der Waals surface area contributed by atoms with Crippen LogP contribution in [-0.2, 0) is 9.47 Å². The number of methoxy groups -OCH3 is 5. The average Bonchev–Trinajstić information content (AvgIpc) is 3.00. The van der Waals surface area contributed by atoms with Crippen LogP contribution in [0.3, 0.4) is 0 Å². The first-order valence-electron chi connectivity index (χ1n) is 12.8. The largest absolute Gasteiger partial charge is 0.496 e. The van der Waals surface area contributed by atoms with E-state index in [1.54, 1.807) is 35.5 Å². The molecule has 0 N–H and O–H groups in total. The van der Waals surface area contributed by atoms with Gasteiger partial charge in [-0.25, -0.2) is 0 Å². The Morgan fingerprint density at radius 3 is 2.08 bits per heavy atom. The highest BCUT2D eigenvalue weighted by Gasteiger charge is 2.32. The Kier molecular flexibility index (Phi) is 9.89. The molecular formula is C32H36O7. The van der Waals surface area contributed by atoms with Crippen LogP contribution in [-0.4, -0.2) is 48.4 Å². The number of hydrogen-bond donors (Lipinski definition) is 0. The molecule has 7 nitrogen and oxygen atoms in total. The molecule has 0 amide bonds. The van der Waals surface area contributed by atoms with Crippen LogP contribution in [0.5, 0.6) is 28.7 Å². The Balaban J connectivity index is 1.59. The van der Waals surface area contributed by atoms with Crippen LogP contribution in [0.2, 0.25) is 0 Å². The van der Waals surface area contributed by atoms with E-state index in [1.807, 2.05) is 78.9 Å². The molecule has 0 aromatic heterocycles. The summed E-state index contributed by atoms with van der Waals surface area (Å²) in [6.45, 7) is 0.507. The molecule has 1 saturated heterocycles. The first kappa shape index (κ1) is 28.1. The van der Waals surface area contributed by atoms with Gasteiger partial charge in [-0.15, -0.1) is 0 Å². The maximum absolute atomic E-state index is 6.52. The maximum Gasteiger partial charge on any atom is 0.177 e. The normalized spacial score (nSPS) is 19.3. The van der Waals surface area contributed by atoms with Gasteiger partial charge in [0.05, 0.1) is 53.8 Å². The minimum atomic E-state index is -0.525. The van der Waals surface area contributed by atoms with Gasteiger partial charge in [-0.2, -0.15) is 0 Å². The van der Waals surface area contributed by atoms with Crippen molar-refractivity contribution in [1.29, 1.82) is 0 Å². The van der Waals surface area contributed by atoms with Crippen LogP contribution >= 0.6 is 0 Å². The number of allylic oxidation sites excluding steroid dienone is 1. The minimum absolute atomic E-state index is 0.0518. The monoisotopic (exact) mass is 532 g/mol. The van der Waals surface area contributed by atoms with Gasteiger partial charge in [-0.3, -0.25) is 0 Å². The van der Waals surface area contributed by atoms with Crippen molar-refractivity contribution < 1.29 is 33.2 Å². The first-order valence-corrected chi connectivity index (χ1v) is 12.8. The molecule has 1 aliphatic heterocycles. The SMILES string of the molecule is COc1ccccc1/C=C/[C@@H]1OC[C@@H](C/C=C/c2c(OC)cccc2OC)[C@H](c2ccc(OC)c(OC)c2)O1. The number of ether oxygens (including phenoxy) is 7. The molecule has 0 radical (unpaired) electrons. The molecule has 0 bridgehead atoms. The Hall–Kier alpha value is -3.94. The summed E-state index contributed by atoms with van der Waals surface area (Å²) in [6.07, 6.45) is 7.95. The molecular weight excluding hydrogens is 496 g/mol. The first-order chi connectivity index (χ1) is 19.1. The number of rotatable bonds is 11. The molecule has 4 rings (SSSR count). The van der Waals surface area contributed by atoms with Gasteiger partial charge >= 0.3 is 0 Å². The lowest BCUT2D eigenvalue weighted by Gasteiger charge is -2.35. The Morgan fingerprint density at radius 2 is 1.38 bits per heavy atom. The number of hydrogen-bond acceptors (Lipinski definition) is 7. The summed E-state index contributed by atoms with van der Waals surface area (Å²) in [5.74, 6) is 3.66. The van der Waals surface area contributed by atoms with Gasteiger partial charge in [-0.05, 0) is 48.4 Å². The summed E-state index contributed by atoms with van der Waals surface area (Å²) in [5, 5.41) is 0. The smallest absolute Gasteiger partial charge is 0.177 e. The van der Waals surface area contributed by atoms with Crippen LogP contribution in [0.25, 0.3) is 12.2 Å². The second-order valence-electron chi connectivity index (χ2n) is 8.95. The number of para-hydroxylation sites is 1. The van der Waals surface area contributed by atoms with E-state index in [2.05, 4.69) is 6.08 Å². The number of benzene rings is 3. The second-order valence-corrected chi connectivity index (χ2v) is 8.95. The highest BCUT2D eigenvalue weighted by Crippen LogP contribution is 2.39. The van der Waals surface area contributed by atoms with Gasteiger partial charge in [0.2, 0.25) is 0 Å². The van der Waals surface area contributed by atoms with Gasteiger partial charge in [0.25, 0.3) is 0 Å². The van der Waals surface area contributed by atoms with Crippen LogP contribution < -0.4 is 23.7 Å². The second kappa shape index (κ2) is 13.7. The zero-order chi connectivity index (χ0) is 27.6. The molecule has 206 valence electrons. The zero-order valence-electron chi connectivity index (χ0n) is 23.1. The third kappa shape index (κ3) is 6.74. The molecule has 0 spiro atoms. The lowest BCUT2D eigenvalue weighted by Crippen LogP contribution is -2.33. The van der Waals surface area contributed by atoms with E-state index in [0.717, 1.165) is 33.9 Å². The topological polar surface area (TPSA) is 64.6 Å². The molecule has 39 heavy (non-hydrogen) atoms. The van der Waals surface area contributed by atoms with E-state index in [0.29, 0.717) is 24.5 Å². The summed E-state index contributed by atoms with van der Waals surface area (Å²) in [4.78, 5) is 0. The van der Waals surface area contributed by atoms with E-state index in [9.17, 15) is 0 Å². The Bertz CT molecular complexity index is 1260. The molecule has 0 unspecified atom stereocenters. The van der Waals surface area contributed by atoms with Crippen molar-refractivity contribution in [1.82, 2.24) is 0 Å². The summed E-state index contributed by atoms with van der Waals surface area (Å²) >= 11 is 0. The third-order valence-corrected chi connectivity index (χ3v) is 6.68. The van der Waals surface area contributed by atoms with Gasteiger partial charge in [0.1, 0.15) is 17.2 Å². The third-order valence-electron chi connectivity index (χ3n) is 6.68. The molecule has 7 heteroatoms. The van der Waals surface area contributed by atoms with E-state index in [-0.39, 0.29) is 12.0 Å².